The van der Waals surface area contributed by atoms with Gasteiger partial charge in [-0.05, 0) is 18.2 Å². The Hall–Kier alpha value is -1.33. The lowest BCUT2D eigenvalue weighted by Crippen LogP contribution is -2.38. The van der Waals surface area contributed by atoms with E-state index in [4.69, 9.17) is 0 Å². The maximum absolute atomic E-state index is 12.7. The SMILES string of the molecule is FC1=NN(F)NC(N2CCCC2)=C1. The van der Waals surface area contributed by atoms with Crippen molar-refractivity contribution in [1.29, 1.82) is 0 Å². The van der Waals surface area contributed by atoms with Crippen LogP contribution in [0.3, 0.4) is 0 Å². The molecule has 0 aromatic rings. The Morgan fingerprint density at radius 2 is 2.08 bits per heavy atom. The summed E-state index contributed by atoms with van der Waals surface area (Å²) in [7, 11) is 0. The van der Waals surface area contributed by atoms with Crippen molar-refractivity contribution in [3.63, 3.8) is 0 Å². The molecule has 0 saturated carbocycles. The zero-order chi connectivity index (χ0) is 9.26. The van der Waals surface area contributed by atoms with Crippen LogP contribution in [-0.2, 0) is 0 Å². The number of likely N-dealkylation sites (tertiary alicyclic amines) is 1. The minimum absolute atomic E-state index is 0.108. The van der Waals surface area contributed by atoms with E-state index in [1.54, 1.807) is 0 Å². The Morgan fingerprint density at radius 1 is 1.38 bits per heavy atom. The number of nitrogens with zero attached hydrogens (tertiary/aromatic N) is 3. The molecule has 1 saturated heterocycles. The molecule has 2 heterocycles. The van der Waals surface area contributed by atoms with Crippen LogP contribution >= 0.6 is 0 Å². The molecule has 2 aliphatic rings. The van der Waals surface area contributed by atoms with Crippen LogP contribution in [0.1, 0.15) is 12.8 Å². The molecular formula is C7H10F2N4. The quantitative estimate of drug-likeness (QED) is 0.620. The fourth-order valence-corrected chi connectivity index (χ4v) is 1.50. The number of hydrogen-bond donors (Lipinski definition) is 1. The first-order valence-electron chi connectivity index (χ1n) is 4.19. The van der Waals surface area contributed by atoms with Gasteiger partial charge >= 0.3 is 0 Å². The highest BCUT2D eigenvalue weighted by Crippen LogP contribution is 2.15. The van der Waals surface area contributed by atoms with Crippen LogP contribution in [-0.4, -0.2) is 29.3 Å². The highest BCUT2D eigenvalue weighted by molar-refractivity contribution is 5.87. The molecule has 72 valence electrons. The molecule has 13 heavy (non-hydrogen) atoms. The molecule has 0 unspecified atom stereocenters. The van der Waals surface area contributed by atoms with Crippen molar-refractivity contribution in [2.24, 2.45) is 5.10 Å². The zero-order valence-corrected chi connectivity index (χ0v) is 7.00. The Bertz CT molecular complexity index is 257. The summed E-state index contributed by atoms with van der Waals surface area (Å²) in [5.74, 6) is -0.379. The summed E-state index contributed by atoms with van der Waals surface area (Å²) in [5, 5.41) is 2.80. The summed E-state index contributed by atoms with van der Waals surface area (Å²) >= 11 is 0. The van der Waals surface area contributed by atoms with Crippen LogP contribution in [0.4, 0.5) is 8.87 Å². The third-order valence-electron chi connectivity index (χ3n) is 2.09. The fraction of sp³-hybridized carbons (Fsp3) is 0.571. The van der Waals surface area contributed by atoms with Crippen molar-refractivity contribution in [3.8, 4) is 0 Å². The molecule has 0 aliphatic carbocycles. The summed E-state index contributed by atoms with van der Waals surface area (Å²) in [6.07, 6.45) is 3.32. The zero-order valence-electron chi connectivity index (χ0n) is 7.00. The lowest BCUT2D eigenvalue weighted by molar-refractivity contribution is -0.0303. The number of rotatable bonds is 1. The molecule has 0 radical (unpaired) electrons. The molecule has 0 bridgehead atoms. The molecule has 6 heteroatoms. The van der Waals surface area contributed by atoms with Gasteiger partial charge in [-0.2, -0.15) is 4.39 Å². The first-order valence-corrected chi connectivity index (χ1v) is 4.19. The minimum atomic E-state index is -0.817. The number of hydrogen-bond acceptors (Lipinski definition) is 4. The van der Waals surface area contributed by atoms with Crippen molar-refractivity contribution in [3.05, 3.63) is 11.9 Å². The molecule has 0 atom stereocenters. The smallest absolute Gasteiger partial charge is 0.239 e. The number of halogens is 2. The van der Waals surface area contributed by atoms with Gasteiger partial charge in [0.05, 0.1) is 0 Å². The van der Waals surface area contributed by atoms with Gasteiger partial charge in [0.15, 0.2) is 0 Å². The van der Waals surface area contributed by atoms with E-state index in [1.807, 2.05) is 4.90 Å². The Morgan fingerprint density at radius 3 is 2.69 bits per heavy atom. The summed E-state index contributed by atoms with van der Waals surface area (Å²) < 4.78 is 25.2. The maximum Gasteiger partial charge on any atom is 0.239 e. The Kier molecular flexibility index (Phi) is 2.03. The van der Waals surface area contributed by atoms with Gasteiger partial charge in [-0.15, -0.1) is 0 Å². The van der Waals surface area contributed by atoms with Crippen LogP contribution in [0.5, 0.6) is 0 Å². The molecule has 0 amide bonds. The molecular weight excluding hydrogens is 178 g/mol. The monoisotopic (exact) mass is 188 g/mol. The van der Waals surface area contributed by atoms with Crippen LogP contribution in [0.15, 0.2) is 17.0 Å². The second-order valence-corrected chi connectivity index (χ2v) is 3.02. The van der Waals surface area contributed by atoms with Gasteiger partial charge in [0.25, 0.3) is 0 Å². The van der Waals surface area contributed by atoms with E-state index in [2.05, 4.69) is 10.5 Å². The van der Waals surface area contributed by atoms with Crippen molar-refractivity contribution < 1.29 is 8.87 Å². The average Bonchev–Trinajstić information content (AvgIpc) is 2.53. The molecule has 0 aromatic heterocycles. The summed E-state index contributed by atoms with van der Waals surface area (Å²) in [6.45, 7) is 1.67. The molecule has 2 aliphatic heterocycles. The van der Waals surface area contributed by atoms with Gasteiger partial charge in [0.1, 0.15) is 5.82 Å². The molecule has 0 aromatic carbocycles. The minimum Gasteiger partial charge on any atom is -0.357 e. The number of hydrazine groups is 1. The van der Waals surface area contributed by atoms with Gasteiger partial charge in [-0.3, -0.25) is 0 Å². The highest BCUT2D eigenvalue weighted by atomic mass is 19.2. The second-order valence-electron chi connectivity index (χ2n) is 3.02. The topological polar surface area (TPSA) is 30.9 Å². The van der Waals surface area contributed by atoms with Crippen LogP contribution in [0.25, 0.3) is 0 Å². The highest BCUT2D eigenvalue weighted by Gasteiger charge is 2.20. The third-order valence-corrected chi connectivity index (χ3v) is 2.09. The molecule has 0 spiro atoms. The standard InChI is InChI=1S/C7H10F2N4/c8-6-5-7(11-13(9)10-6)12-3-1-2-4-12/h5,11H,1-4H2. The van der Waals surface area contributed by atoms with Crippen LogP contribution < -0.4 is 5.43 Å². The first-order chi connectivity index (χ1) is 6.25. The van der Waals surface area contributed by atoms with E-state index in [9.17, 15) is 8.87 Å². The largest absolute Gasteiger partial charge is 0.357 e. The van der Waals surface area contributed by atoms with Gasteiger partial charge in [-0.1, -0.05) is 9.58 Å². The lowest BCUT2D eigenvalue weighted by Gasteiger charge is -2.25. The predicted octanol–water partition coefficient (Wildman–Crippen LogP) is 0.911. The molecule has 4 nitrogen and oxygen atoms in total. The van der Waals surface area contributed by atoms with Crippen molar-refractivity contribution >= 4 is 5.97 Å². The normalized spacial score (nSPS) is 22.6. The van der Waals surface area contributed by atoms with Crippen molar-refractivity contribution in [2.75, 3.05) is 13.1 Å². The predicted molar refractivity (Wildman–Crippen MR) is 43.5 cm³/mol. The summed E-state index contributed by atoms with van der Waals surface area (Å²) in [4.78, 5) is 1.89. The van der Waals surface area contributed by atoms with E-state index in [0.29, 0.717) is 5.82 Å². The Labute approximate surface area is 74.4 Å². The van der Waals surface area contributed by atoms with E-state index < -0.39 is 5.97 Å². The fourth-order valence-electron chi connectivity index (χ4n) is 1.50. The third kappa shape index (κ3) is 1.71. The van der Waals surface area contributed by atoms with Crippen LogP contribution in [0.2, 0.25) is 0 Å². The first kappa shape index (κ1) is 8.28. The van der Waals surface area contributed by atoms with Crippen molar-refractivity contribution in [2.45, 2.75) is 12.8 Å². The maximum atomic E-state index is 12.7. The van der Waals surface area contributed by atoms with E-state index in [-0.39, 0.29) is 5.34 Å². The van der Waals surface area contributed by atoms with Crippen LogP contribution in [0, 0.1) is 0 Å². The molecule has 1 fully saturated rings. The molecule has 1 N–H and O–H groups in total. The van der Waals surface area contributed by atoms with Gasteiger partial charge in [-0.25, -0.2) is 5.43 Å². The number of allylic oxidation sites excluding steroid dienone is 1. The van der Waals surface area contributed by atoms with E-state index in [1.165, 1.54) is 6.08 Å². The van der Waals surface area contributed by atoms with Gasteiger partial charge in [0.2, 0.25) is 5.97 Å². The summed E-state index contributed by atoms with van der Waals surface area (Å²) in [5.41, 5.74) is 2.31. The second kappa shape index (κ2) is 3.20. The van der Waals surface area contributed by atoms with Crippen molar-refractivity contribution in [1.82, 2.24) is 15.7 Å². The van der Waals surface area contributed by atoms with Gasteiger partial charge < -0.3 is 4.90 Å². The average molecular weight is 188 g/mol. The Balaban J connectivity index is 2.10. The van der Waals surface area contributed by atoms with E-state index >= 15 is 0 Å². The summed E-state index contributed by atoms with van der Waals surface area (Å²) in [6, 6.07) is 0. The number of nitrogens with one attached hydrogen (secondary N) is 1. The van der Waals surface area contributed by atoms with E-state index in [0.717, 1.165) is 25.9 Å². The number of hydrazone groups is 1. The lowest BCUT2D eigenvalue weighted by atomic mass is 10.4. The van der Waals surface area contributed by atoms with Gasteiger partial charge in [0, 0.05) is 19.2 Å². The molecule has 2 rings (SSSR count).